The van der Waals surface area contributed by atoms with Crippen LogP contribution in [0.1, 0.15) is 44.2 Å². The summed E-state index contributed by atoms with van der Waals surface area (Å²) >= 11 is 0. The highest BCUT2D eigenvalue weighted by Gasteiger charge is 2.24. The molecular weight excluding hydrogens is 368 g/mol. The standard InChI is InChI=1S/C23H26N2O4/c1-4-15(5-2)22(26)25-20-18-9-7-8-10-19(18)29-21(20)23(27)24-16-11-13-17(14-12-16)28-6-3/h7-15H,4-6H2,1-3H3,(H,24,27)(H,25,26). The van der Waals surface area contributed by atoms with E-state index in [1.807, 2.05) is 39.0 Å². The summed E-state index contributed by atoms with van der Waals surface area (Å²) in [4.78, 5) is 25.6. The van der Waals surface area contributed by atoms with E-state index in [0.717, 1.165) is 18.6 Å². The van der Waals surface area contributed by atoms with Crippen LogP contribution in [-0.2, 0) is 4.79 Å². The van der Waals surface area contributed by atoms with E-state index < -0.39 is 5.91 Å². The fourth-order valence-corrected chi connectivity index (χ4v) is 3.20. The summed E-state index contributed by atoms with van der Waals surface area (Å²) in [5, 5.41) is 6.43. The lowest BCUT2D eigenvalue weighted by Crippen LogP contribution is -2.23. The van der Waals surface area contributed by atoms with Crippen LogP contribution < -0.4 is 15.4 Å². The lowest BCUT2D eigenvalue weighted by atomic mass is 10.0. The van der Waals surface area contributed by atoms with Gasteiger partial charge < -0.3 is 19.8 Å². The fourth-order valence-electron chi connectivity index (χ4n) is 3.20. The Balaban J connectivity index is 1.89. The SMILES string of the molecule is CCOc1ccc(NC(=O)c2oc3ccccc3c2NC(=O)C(CC)CC)cc1. The number of rotatable bonds is 8. The maximum atomic E-state index is 12.9. The molecule has 2 aromatic carbocycles. The Kier molecular flexibility index (Phi) is 6.54. The molecule has 6 nitrogen and oxygen atoms in total. The molecule has 2 amide bonds. The lowest BCUT2D eigenvalue weighted by molar-refractivity contribution is -0.120. The highest BCUT2D eigenvalue weighted by atomic mass is 16.5. The zero-order valence-electron chi connectivity index (χ0n) is 17.0. The molecule has 0 unspecified atom stereocenters. The predicted octanol–water partition coefficient (Wildman–Crippen LogP) is 5.46. The van der Waals surface area contributed by atoms with Gasteiger partial charge >= 0.3 is 0 Å². The molecule has 1 heterocycles. The van der Waals surface area contributed by atoms with Crippen LogP contribution >= 0.6 is 0 Å². The summed E-state index contributed by atoms with van der Waals surface area (Å²) in [5.41, 5.74) is 1.56. The number of para-hydroxylation sites is 1. The second kappa shape index (κ2) is 9.28. The molecule has 0 aliphatic heterocycles. The third-order valence-electron chi connectivity index (χ3n) is 4.83. The maximum Gasteiger partial charge on any atom is 0.293 e. The zero-order valence-corrected chi connectivity index (χ0v) is 17.0. The van der Waals surface area contributed by atoms with E-state index in [1.165, 1.54) is 0 Å². The summed E-state index contributed by atoms with van der Waals surface area (Å²) < 4.78 is 11.2. The van der Waals surface area contributed by atoms with Crippen molar-refractivity contribution < 1.29 is 18.7 Å². The summed E-state index contributed by atoms with van der Waals surface area (Å²) in [6.45, 7) is 6.43. The van der Waals surface area contributed by atoms with Gasteiger partial charge in [-0.05, 0) is 56.2 Å². The third-order valence-corrected chi connectivity index (χ3v) is 4.83. The van der Waals surface area contributed by atoms with E-state index in [1.54, 1.807) is 30.3 Å². The van der Waals surface area contributed by atoms with Gasteiger partial charge in [0.15, 0.2) is 0 Å². The molecule has 3 rings (SSSR count). The molecule has 29 heavy (non-hydrogen) atoms. The Hall–Kier alpha value is -3.28. The fraction of sp³-hybridized carbons (Fsp3) is 0.304. The van der Waals surface area contributed by atoms with E-state index in [0.29, 0.717) is 29.0 Å². The number of furan rings is 1. The Morgan fingerprint density at radius 3 is 2.31 bits per heavy atom. The number of carbonyl (C=O) groups excluding carboxylic acids is 2. The molecule has 0 aliphatic rings. The van der Waals surface area contributed by atoms with E-state index in [2.05, 4.69) is 10.6 Å². The summed E-state index contributed by atoms with van der Waals surface area (Å²) in [5.74, 6) is 0.152. The first-order valence-corrected chi connectivity index (χ1v) is 9.93. The van der Waals surface area contributed by atoms with E-state index in [4.69, 9.17) is 9.15 Å². The van der Waals surface area contributed by atoms with Crippen molar-refractivity contribution in [3.63, 3.8) is 0 Å². The topological polar surface area (TPSA) is 80.6 Å². The summed E-state index contributed by atoms with van der Waals surface area (Å²) in [7, 11) is 0. The Morgan fingerprint density at radius 1 is 0.966 bits per heavy atom. The number of anilines is 2. The van der Waals surface area contributed by atoms with Crippen LogP contribution in [0.3, 0.4) is 0 Å². The molecule has 2 N–H and O–H groups in total. The Bertz CT molecular complexity index is 988. The quantitative estimate of drug-likeness (QED) is 0.532. The molecule has 0 saturated carbocycles. The van der Waals surface area contributed by atoms with E-state index in [9.17, 15) is 9.59 Å². The molecule has 0 atom stereocenters. The molecule has 0 spiro atoms. The molecule has 1 aromatic heterocycles. The first-order chi connectivity index (χ1) is 14.1. The van der Waals surface area contributed by atoms with Crippen molar-refractivity contribution >= 4 is 34.2 Å². The van der Waals surface area contributed by atoms with Gasteiger partial charge in [0, 0.05) is 17.0 Å². The predicted molar refractivity (Wildman–Crippen MR) is 114 cm³/mol. The highest BCUT2D eigenvalue weighted by molar-refractivity contribution is 6.14. The average molecular weight is 394 g/mol. The van der Waals surface area contributed by atoms with Crippen molar-refractivity contribution in [3.8, 4) is 5.75 Å². The Labute approximate surface area is 170 Å². The number of benzene rings is 2. The minimum Gasteiger partial charge on any atom is -0.494 e. The number of carbonyl (C=O) groups is 2. The third kappa shape index (κ3) is 4.59. The van der Waals surface area contributed by atoms with Crippen molar-refractivity contribution in [2.24, 2.45) is 5.92 Å². The first kappa shape index (κ1) is 20.5. The molecule has 0 radical (unpaired) electrons. The second-order valence-electron chi connectivity index (χ2n) is 6.72. The molecule has 3 aromatic rings. The average Bonchev–Trinajstić information content (AvgIpc) is 3.09. The highest BCUT2D eigenvalue weighted by Crippen LogP contribution is 2.32. The van der Waals surface area contributed by atoms with Crippen LogP contribution in [0, 0.1) is 5.92 Å². The van der Waals surface area contributed by atoms with Gasteiger partial charge in [0.2, 0.25) is 11.7 Å². The van der Waals surface area contributed by atoms with Crippen LogP contribution in [0.15, 0.2) is 52.9 Å². The monoisotopic (exact) mass is 394 g/mol. The van der Waals surface area contributed by atoms with Gasteiger partial charge in [-0.3, -0.25) is 9.59 Å². The number of hydrogen-bond donors (Lipinski definition) is 2. The van der Waals surface area contributed by atoms with Crippen LogP contribution in [0.2, 0.25) is 0 Å². The smallest absolute Gasteiger partial charge is 0.293 e. The number of fused-ring (bicyclic) bond motifs is 1. The van der Waals surface area contributed by atoms with Crippen molar-refractivity contribution in [3.05, 3.63) is 54.3 Å². The van der Waals surface area contributed by atoms with Crippen molar-refractivity contribution in [2.75, 3.05) is 17.2 Å². The Morgan fingerprint density at radius 2 is 1.66 bits per heavy atom. The molecule has 0 aliphatic carbocycles. The normalized spacial score (nSPS) is 10.9. The van der Waals surface area contributed by atoms with Gasteiger partial charge in [0.25, 0.3) is 5.91 Å². The van der Waals surface area contributed by atoms with Gasteiger partial charge in [0.05, 0.1) is 6.61 Å². The molecule has 0 saturated heterocycles. The number of hydrogen-bond acceptors (Lipinski definition) is 4. The van der Waals surface area contributed by atoms with Crippen molar-refractivity contribution in [1.82, 2.24) is 0 Å². The number of nitrogens with one attached hydrogen (secondary N) is 2. The van der Waals surface area contributed by atoms with Gasteiger partial charge in [-0.2, -0.15) is 0 Å². The van der Waals surface area contributed by atoms with E-state index >= 15 is 0 Å². The zero-order chi connectivity index (χ0) is 20.8. The van der Waals surface area contributed by atoms with Gasteiger partial charge in [-0.1, -0.05) is 26.0 Å². The van der Waals surface area contributed by atoms with Gasteiger partial charge in [-0.25, -0.2) is 0 Å². The second-order valence-corrected chi connectivity index (χ2v) is 6.72. The first-order valence-electron chi connectivity index (χ1n) is 9.93. The van der Waals surface area contributed by atoms with Crippen molar-refractivity contribution in [1.29, 1.82) is 0 Å². The van der Waals surface area contributed by atoms with Crippen LogP contribution in [-0.4, -0.2) is 18.4 Å². The number of amides is 2. The molecular formula is C23H26N2O4. The van der Waals surface area contributed by atoms with Crippen LogP contribution in [0.4, 0.5) is 11.4 Å². The van der Waals surface area contributed by atoms with Gasteiger partial charge in [-0.15, -0.1) is 0 Å². The largest absolute Gasteiger partial charge is 0.494 e. The van der Waals surface area contributed by atoms with Crippen LogP contribution in [0.5, 0.6) is 5.75 Å². The summed E-state index contributed by atoms with van der Waals surface area (Å²) in [6, 6.07) is 14.4. The maximum absolute atomic E-state index is 12.9. The van der Waals surface area contributed by atoms with Gasteiger partial charge in [0.1, 0.15) is 17.0 Å². The minimum absolute atomic E-state index is 0.0828. The molecule has 6 heteroatoms. The number of ether oxygens (including phenoxy) is 1. The molecule has 152 valence electrons. The van der Waals surface area contributed by atoms with Crippen LogP contribution in [0.25, 0.3) is 11.0 Å². The minimum atomic E-state index is -0.426. The molecule has 0 fully saturated rings. The van der Waals surface area contributed by atoms with E-state index in [-0.39, 0.29) is 17.6 Å². The van der Waals surface area contributed by atoms with Crippen molar-refractivity contribution in [2.45, 2.75) is 33.6 Å². The summed E-state index contributed by atoms with van der Waals surface area (Å²) in [6.07, 6.45) is 1.46. The lowest BCUT2D eigenvalue weighted by Gasteiger charge is -2.13. The molecule has 0 bridgehead atoms.